The molecular weight excluding hydrogens is 262 g/mol. The molecule has 1 heterocycles. The third-order valence-corrected chi connectivity index (χ3v) is 3.53. The van der Waals surface area contributed by atoms with Gasteiger partial charge in [0.1, 0.15) is 5.54 Å². The number of hydrogen-bond donors (Lipinski definition) is 1. The van der Waals surface area contributed by atoms with E-state index in [9.17, 15) is 0 Å². The smallest absolute Gasteiger partial charge is 0.237 e. The van der Waals surface area contributed by atoms with Crippen molar-refractivity contribution in [3.05, 3.63) is 42.0 Å². The van der Waals surface area contributed by atoms with Crippen molar-refractivity contribution in [2.24, 2.45) is 5.73 Å². The maximum Gasteiger partial charge on any atom is 0.237 e. The van der Waals surface area contributed by atoms with Gasteiger partial charge < -0.3 is 15.0 Å². The van der Waals surface area contributed by atoms with Gasteiger partial charge in [0, 0.05) is 12.0 Å². The highest BCUT2D eigenvalue weighted by atomic mass is 32.2. The summed E-state index contributed by atoms with van der Waals surface area (Å²) < 4.78 is 10.2. The van der Waals surface area contributed by atoms with E-state index in [1.165, 1.54) is 0 Å². The van der Waals surface area contributed by atoms with Gasteiger partial charge in [-0.15, -0.1) is 11.8 Å². The Morgan fingerprint density at radius 1 is 1.37 bits per heavy atom. The summed E-state index contributed by atoms with van der Waals surface area (Å²) in [4.78, 5) is 5.47. The summed E-state index contributed by atoms with van der Waals surface area (Å²) >= 11 is 1.64. The van der Waals surface area contributed by atoms with E-state index in [-0.39, 0.29) is 0 Å². The molecule has 0 saturated heterocycles. The second-order valence-corrected chi connectivity index (χ2v) is 5.51. The number of rotatable bonds is 6. The summed E-state index contributed by atoms with van der Waals surface area (Å²) in [7, 11) is 1.59. The fraction of sp³-hybridized carbons (Fsp3) is 0.385. The Morgan fingerprint density at radius 3 is 2.79 bits per heavy atom. The lowest BCUT2D eigenvalue weighted by Gasteiger charge is -2.18. The lowest BCUT2D eigenvalue weighted by atomic mass is 10.1. The molecule has 0 spiro atoms. The zero-order valence-corrected chi connectivity index (χ0v) is 11.8. The first-order valence-electron chi connectivity index (χ1n) is 5.90. The Labute approximate surface area is 116 Å². The molecule has 0 amide bonds. The van der Waals surface area contributed by atoms with Crippen LogP contribution in [0.1, 0.15) is 18.6 Å². The third-order valence-electron chi connectivity index (χ3n) is 2.53. The quantitative estimate of drug-likeness (QED) is 0.817. The average Bonchev–Trinajstić information content (AvgIpc) is 2.87. The van der Waals surface area contributed by atoms with Crippen molar-refractivity contribution in [3.63, 3.8) is 0 Å². The van der Waals surface area contributed by atoms with Crippen LogP contribution in [0.3, 0.4) is 0 Å². The Hall–Kier alpha value is -1.37. The number of nitrogens with two attached hydrogens (primary N) is 1. The Kier molecular flexibility index (Phi) is 4.57. The second kappa shape index (κ2) is 6.18. The van der Waals surface area contributed by atoms with Crippen molar-refractivity contribution in [1.82, 2.24) is 10.1 Å². The number of thioether (sulfide) groups is 1. The monoisotopic (exact) mass is 279 g/mol. The Balaban J connectivity index is 1.98. The molecule has 1 aromatic heterocycles. The molecule has 1 unspecified atom stereocenters. The standard InChI is InChI=1S/C13H17N3O2S/c1-13(14,9-17-2)12-15-11(18-16-12)8-19-10-6-4-3-5-7-10/h3-7H,8-9,14H2,1-2H3. The molecule has 0 radical (unpaired) electrons. The molecule has 0 aliphatic heterocycles. The second-order valence-electron chi connectivity index (χ2n) is 4.46. The molecule has 0 saturated carbocycles. The van der Waals surface area contributed by atoms with Crippen LogP contribution < -0.4 is 5.73 Å². The van der Waals surface area contributed by atoms with Crippen LogP contribution in [-0.2, 0) is 16.0 Å². The van der Waals surface area contributed by atoms with Crippen molar-refractivity contribution < 1.29 is 9.26 Å². The third kappa shape index (κ3) is 3.79. The zero-order chi connectivity index (χ0) is 13.7. The van der Waals surface area contributed by atoms with Gasteiger partial charge in [-0.05, 0) is 19.1 Å². The average molecular weight is 279 g/mol. The summed E-state index contributed by atoms with van der Waals surface area (Å²) in [6.07, 6.45) is 0. The van der Waals surface area contributed by atoms with E-state index < -0.39 is 5.54 Å². The zero-order valence-electron chi connectivity index (χ0n) is 11.0. The fourth-order valence-electron chi connectivity index (χ4n) is 1.57. The van der Waals surface area contributed by atoms with E-state index in [1.807, 2.05) is 37.3 Å². The first-order chi connectivity index (χ1) is 9.12. The van der Waals surface area contributed by atoms with Crippen LogP contribution in [0.25, 0.3) is 0 Å². The minimum absolute atomic E-state index is 0.345. The highest BCUT2D eigenvalue weighted by Gasteiger charge is 2.27. The summed E-state index contributed by atoms with van der Waals surface area (Å²) in [5, 5.41) is 3.91. The van der Waals surface area contributed by atoms with Crippen molar-refractivity contribution in [2.45, 2.75) is 23.1 Å². The first-order valence-corrected chi connectivity index (χ1v) is 6.89. The highest BCUT2D eigenvalue weighted by molar-refractivity contribution is 7.98. The van der Waals surface area contributed by atoms with Crippen LogP contribution in [0, 0.1) is 0 Å². The minimum Gasteiger partial charge on any atom is -0.382 e. The summed E-state index contributed by atoms with van der Waals surface area (Å²) in [6, 6.07) is 10.1. The molecule has 0 aliphatic rings. The summed E-state index contributed by atoms with van der Waals surface area (Å²) in [6.45, 7) is 2.16. The van der Waals surface area contributed by atoms with Crippen molar-refractivity contribution in [2.75, 3.05) is 13.7 Å². The molecule has 0 bridgehead atoms. The van der Waals surface area contributed by atoms with Gasteiger partial charge in [0.05, 0.1) is 12.4 Å². The van der Waals surface area contributed by atoms with Gasteiger partial charge in [0.2, 0.25) is 5.89 Å². The molecule has 19 heavy (non-hydrogen) atoms. The largest absolute Gasteiger partial charge is 0.382 e. The summed E-state index contributed by atoms with van der Waals surface area (Å²) in [5.74, 6) is 1.66. The lowest BCUT2D eigenvalue weighted by Crippen LogP contribution is -2.39. The maximum absolute atomic E-state index is 6.05. The number of nitrogens with zero attached hydrogens (tertiary/aromatic N) is 2. The molecule has 2 rings (SSSR count). The van der Waals surface area contributed by atoms with Crippen molar-refractivity contribution in [3.8, 4) is 0 Å². The van der Waals surface area contributed by atoms with Gasteiger partial charge in [-0.2, -0.15) is 4.98 Å². The molecule has 1 atom stereocenters. The first kappa shape index (κ1) is 14.0. The maximum atomic E-state index is 6.05. The Bertz CT molecular complexity index is 514. The molecule has 2 N–H and O–H groups in total. The van der Waals surface area contributed by atoms with Crippen LogP contribution in [0.2, 0.25) is 0 Å². The van der Waals surface area contributed by atoms with Crippen LogP contribution in [0.15, 0.2) is 39.8 Å². The number of methoxy groups -OCH3 is 1. The van der Waals surface area contributed by atoms with E-state index in [0.717, 1.165) is 4.90 Å². The van der Waals surface area contributed by atoms with Crippen molar-refractivity contribution >= 4 is 11.8 Å². The fourth-order valence-corrected chi connectivity index (χ4v) is 2.33. The topological polar surface area (TPSA) is 74.2 Å². The van der Waals surface area contributed by atoms with E-state index >= 15 is 0 Å². The van der Waals surface area contributed by atoms with Crippen LogP contribution >= 0.6 is 11.8 Å². The van der Waals surface area contributed by atoms with E-state index in [1.54, 1.807) is 18.9 Å². The van der Waals surface area contributed by atoms with Gasteiger partial charge in [-0.1, -0.05) is 23.4 Å². The molecule has 5 nitrogen and oxygen atoms in total. The SMILES string of the molecule is COCC(C)(N)c1noc(CSc2ccccc2)n1. The number of hydrogen-bond acceptors (Lipinski definition) is 6. The van der Waals surface area contributed by atoms with E-state index in [2.05, 4.69) is 10.1 Å². The van der Waals surface area contributed by atoms with Crippen LogP contribution in [0.4, 0.5) is 0 Å². The Morgan fingerprint density at radius 2 is 2.11 bits per heavy atom. The van der Waals surface area contributed by atoms with Gasteiger partial charge in [0.15, 0.2) is 5.82 Å². The number of aromatic nitrogens is 2. The molecule has 2 aromatic rings. The van der Waals surface area contributed by atoms with Gasteiger partial charge in [-0.3, -0.25) is 0 Å². The normalized spacial score (nSPS) is 14.3. The molecule has 6 heteroatoms. The van der Waals surface area contributed by atoms with Gasteiger partial charge >= 0.3 is 0 Å². The van der Waals surface area contributed by atoms with Crippen molar-refractivity contribution in [1.29, 1.82) is 0 Å². The molecule has 0 fully saturated rings. The molecule has 102 valence electrons. The minimum atomic E-state index is -0.728. The lowest BCUT2D eigenvalue weighted by molar-refractivity contribution is 0.135. The van der Waals surface area contributed by atoms with Gasteiger partial charge in [-0.25, -0.2) is 0 Å². The summed E-state index contributed by atoms with van der Waals surface area (Å²) in [5.41, 5.74) is 5.32. The molecule has 0 aliphatic carbocycles. The number of benzene rings is 1. The number of ether oxygens (including phenoxy) is 1. The molecular formula is C13H17N3O2S. The highest BCUT2D eigenvalue weighted by Crippen LogP contribution is 2.22. The van der Waals surface area contributed by atoms with Crippen LogP contribution in [-0.4, -0.2) is 23.9 Å². The van der Waals surface area contributed by atoms with E-state index in [0.29, 0.717) is 24.1 Å². The molecule has 1 aromatic carbocycles. The van der Waals surface area contributed by atoms with Crippen LogP contribution in [0.5, 0.6) is 0 Å². The predicted molar refractivity (Wildman–Crippen MR) is 73.7 cm³/mol. The van der Waals surface area contributed by atoms with E-state index in [4.69, 9.17) is 15.0 Å². The van der Waals surface area contributed by atoms with Gasteiger partial charge in [0.25, 0.3) is 0 Å². The predicted octanol–water partition coefficient (Wildman–Crippen LogP) is 2.18.